The first-order valence-corrected chi connectivity index (χ1v) is 7.97. The van der Waals surface area contributed by atoms with Gasteiger partial charge in [0.2, 0.25) is 0 Å². The molecular weight excluding hydrogens is 250 g/mol. The van der Waals surface area contributed by atoms with Crippen molar-refractivity contribution in [1.29, 1.82) is 0 Å². The van der Waals surface area contributed by atoms with Crippen molar-refractivity contribution in [1.82, 2.24) is 0 Å². The molecule has 18 heavy (non-hydrogen) atoms. The van der Waals surface area contributed by atoms with Gasteiger partial charge in [0.1, 0.15) is 12.4 Å². The van der Waals surface area contributed by atoms with Crippen LogP contribution in [0.15, 0.2) is 12.1 Å². The summed E-state index contributed by atoms with van der Waals surface area (Å²) in [6, 6.07) is 3.77. The Labute approximate surface area is 109 Å². The smallest absolute Gasteiger partial charge is 0.150 e. The van der Waals surface area contributed by atoms with Crippen LogP contribution in [0.2, 0.25) is 0 Å². The Bertz CT molecular complexity index is 521. The van der Waals surface area contributed by atoms with Gasteiger partial charge in [-0.2, -0.15) is 0 Å². The summed E-state index contributed by atoms with van der Waals surface area (Å²) in [4.78, 5) is 0. The molecule has 0 aliphatic carbocycles. The summed E-state index contributed by atoms with van der Waals surface area (Å²) in [5, 5.41) is 0. The predicted molar refractivity (Wildman–Crippen MR) is 74.9 cm³/mol. The summed E-state index contributed by atoms with van der Waals surface area (Å²) in [7, 11) is -3.00. The van der Waals surface area contributed by atoms with Crippen molar-refractivity contribution in [2.45, 2.75) is 26.7 Å². The van der Waals surface area contributed by atoms with Gasteiger partial charge in [0.15, 0.2) is 9.84 Å². The molecule has 0 fully saturated rings. The fourth-order valence-corrected chi connectivity index (χ4v) is 1.98. The molecule has 0 saturated carbocycles. The van der Waals surface area contributed by atoms with Gasteiger partial charge in [0.05, 0.1) is 5.75 Å². The third-order valence-corrected chi connectivity index (χ3v) is 3.64. The Kier molecular flexibility index (Phi) is 4.62. The number of hydrogen-bond acceptors (Lipinski definition) is 4. The normalized spacial score (nSPS) is 11.8. The molecule has 0 bridgehead atoms. The lowest BCUT2D eigenvalue weighted by atomic mass is 9.99. The van der Waals surface area contributed by atoms with Crippen LogP contribution in [0, 0.1) is 6.92 Å². The van der Waals surface area contributed by atoms with Crippen LogP contribution in [0.25, 0.3) is 0 Å². The number of rotatable bonds is 5. The maximum absolute atomic E-state index is 11.1. The first-order chi connectivity index (χ1) is 8.20. The van der Waals surface area contributed by atoms with Gasteiger partial charge in [-0.15, -0.1) is 0 Å². The van der Waals surface area contributed by atoms with E-state index in [1.807, 2.05) is 32.9 Å². The van der Waals surface area contributed by atoms with E-state index >= 15 is 0 Å². The lowest BCUT2D eigenvalue weighted by Gasteiger charge is -2.16. The van der Waals surface area contributed by atoms with Crippen molar-refractivity contribution >= 4 is 15.5 Å². The minimum atomic E-state index is -3.00. The standard InChI is InChI=1S/C13H21NO3S/c1-9(2)11-8-12(14)10(3)7-13(11)17-5-6-18(4,15)16/h7-9H,5-6,14H2,1-4H3. The molecule has 1 rings (SSSR count). The number of nitrogens with two attached hydrogens (primary N) is 1. The highest BCUT2D eigenvalue weighted by molar-refractivity contribution is 7.90. The van der Waals surface area contributed by atoms with E-state index in [-0.39, 0.29) is 18.3 Å². The molecule has 0 amide bonds. The fourth-order valence-electron chi connectivity index (χ4n) is 1.59. The zero-order valence-electron chi connectivity index (χ0n) is 11.4. The van der Waals surface area contributed by atoms with Crippen molar-refractivity contribution in [3.05, 3.63) is 23.3 Å². The second-order valence-corrected chi connectivity index (χ2v) is 7.14. The number of anilines is 1. The molecule has 5 heteroatoms. The van der Waals surface area contributed by atoms with Crippen LogP contribution in [0.5, 0.6) is 5.75 Å². The highest BCUT2D eigenvalue weighted by atomic mass is 32.2. The van der Waals surface area contributed by atoms with Crippen molar-refractivity contribution in [3.8, 4) is 5.75 Å². The maximum atomic E-state index is 11.1. The van der Waals surface area contributed by atoms with Crippen molar-refractivity contribution in [2.75, 3.05) is 24.3 Å². The summed E-state index contributed by atoms with van der Waals surface area (Å²) in [6.07, 6.45) is 1.20. The van der Waals surface area contributed by atoms with Crippen LogP contribution in [0.4, 0.5) is 5.69 Å². The molecule has 0 saturated heterocycles. The molecule has 0 radical (unpaired) electrons. The molecule has 1 aromatic carbocycles. The Hall–Kier alpha value is -1.23. The molecule has 1 aromatic rings. The summed E-state index contributed by atoms with van der Waals surface area (Å²) in [5.74, 6) is 1.02. The van der Waals surface area contributed by atoms with E-state index in [2.05, 4.69) is 0 Å². The van der Waals surface area contributed by atoms with Crippen molar-refractivity contribution < 1.29 is 13.2 Å². The molecule has 0 aliphatic rings. The number of aryl methyl sites for hydroxylation is 1. The minimum Gasteiger partial charge on any atom is -0.492 e. The SMILES string of the molecule is Cc1cc(OCCS(C)(=O)=O)c(C(C)C)cc1N. The van der Waals surface area contributed by atoms with E-state index in [0.29, 0.717) is 0 Å². The largest absolute Gasteiger partial charge is 0.492 e. The second-order valence-electron chi connectivity index (χ2n) is 4.88. The Morgan fingerprint density at radius 1 is 1.33 bits per heavy atom. The van der Waals surface area contributed by atoms with Crippen LogP contribution in [-0.4, -0.2) is 27.0 Å². The van der Waals surface area contributed by atoms with E-state index < -0.39 is 9.84 Å². The number of benzene rings is 1. The molecule has 0 heterocycles. The highest BCUT2D eigenvalue weighted by Crippen LogP contribution is 2.30. The third kappa shape index (κ3) is 4.22. The molecule has 102 valence electrons. The molecule has 0 unspecified atom stereocenters. The number of sulfone groups is 1. The lowest BCUT2D eigenvalue weighted by Crippen LogP contribution is -2.13. The predicted octanol–water partition coefficient (Wildman–Crippen LogP) is 2.12. The maximum Gasteiger partial charge on any atom is 0.150 e. The summed E-state index contributed by atoms with van der Waals surface area (Å²) >= 11 is 0. The van der Waals surface area contributed by atoms with Crippen LogP contribution in [-0.2, 0) is 9.84 Å². The van der Waals surface area contributed by atoms with Crippen molar-refractivity contribution in [2.24, 2.45) is 0 Å². The number of ether oxygens (including phenoxy) is 1. The van der Waals surface area contributed by atoms with Crippen LogP contribution in [0.3, 0.4) is 0 Å². The quantitative estimate of drug-likeness (QED) is 0.833. The van der Waals surface area contributed by atoms with E-state index in [1.165, 1.54) is 6.26 Å². The number of nitrogen functional groups attached to an aromatic ring is 1. The molecule has 0 spiro atoms. The van der Waals surface area contributed by atoms with Crippen LogP contribution >= 0.6 is 0 Å². The molecule has 4 nitrogen and oxygen atoms in total. The van der Waals surface area contributed by atoms with E-state index in [1.54, 1.807) is 0 Å². The van der Waals surface area contributed by atoms with Gasteiger partial charge in [0, 0.05) is 11.9 Å². The molecule has 2 N–H and O–H groups in total. The molecule has 0 atom stereocenters. The summed E-state index contributed by atoms with van der Waals surface area (Å²) in [5.41, 5.74) is 8.55. The lowest BCUT2D eigenvalue weighted by molar-refractivity contribution is 0.336. The van der Waals surface area contributed by atoms with E-state index in [0.717, 1.165) is 22.6 Å². The van der Waals surface area contributed by atoms with Gasteiger partial charge < -0.3 is 10.5 Å². The zero-order chi connectivity index (χ0) is 13.9. The van der Waals surface area contributed by atoms with E-state index in [4.69, 9.17) is 10.5 Å². The van der Waals surface area contributed by atoms with Crippen LogP contribution < -0.4 is 10.5 Å². The Morgan fingerprint density at radius 3 is 2.44 bits per heavy atom. The van der Waals surface area contributed by atoms with Gasteiger partial charge in [0.25, 0.3) is 0 Å². The summed E-state index contributed by atoms with van der Waals surface area (Å²) < 4.78 is 27.7. The highest BCUT2D eigenvalue weighted by Gasteiger charge is 2.11. The molecular formula is C13H21NO3S. The van der Waals surface area contributed by atoms with Gasteiger partial charge in [-0.1, -0.05) is 13.8 Å². The van der Waals surface area contributed by atoms with Crippen LogP contribution in [0.1, 0.15) is 30.9 Å². The second kappa shape index (κ2) is 5.61. The minimum absolute atomic E-state index is 0.0218. The fraction of sp³-hybridized carbons (Fsp3) is 0.538. The monoisotopic (exact) mass is 271 g/mol. The first-order valence-electron chi connectivity index (χ1n) is 5.91. The van der Waals surface area contributed by atoms with Gasteiger partial charge in [-0.3, -0.25) is 0 Å². The van der Waals surface area contributed by atoms with Gasteiger partial charge in [-0.05, 0) is 36.1 Å². The summed E-state index contributed by atoms with van der Waals surface area (Å²) in [6.45, 7) is 6.17. The van der Waals surface area contributed by atoms with Gasteiger partial charge >= 0.3 is 0 Å². The van der Waals surface area contributed by atoms with Gasteiger partial charge in [-0.25, -0.2) is 8.42 Å². The number of hydrogen-bond donors (Lipinski definition) is 1. The molecule has 0 aromatic heterocycles. The Morgan fingerprint density at radius 2 is 1.94 bits per heavy atom. The van der Waals surface area contributed by atoms with E-state index in [9.17, 15) is 8.42 Å². The average Bonchev–Trinajstić information content (AvgIpc) is 2.20. The Balaban J connectivity index is 2.90. The zero-order valence-corrected chi connectivity index (χ0v) is 12.2. The topological polar surface area (TPSA) is 69.4 Å². The molecule has 0 aliphatic heterocycles. The third-order valence-electron chi connectivity index (χ3n) is 2.73. The average molecular weight is 271 g/mol. The van der Waals surface area contributed by atoms with Crippen molar-refractivity contribution in [3.63, 3.8) is 0 Å². The first kappa shape index (κ1) is 14.8.